The number of benzene rings is 1. The molecule has 19 heavy (non-hydrogen) atoms. The number of ether oxygens (including phenoxy) is 1. The first-order valence-electron chi connectivity index (χ1n) is 7.04. The highest BCUT2D eigenvalue weighted by atomic mass is 19.1. The molecule has 0 aliphatic rings. The first-order valence-corrected chi connectivity index (χ1v) is 7.04. The van der Waals surface area contributed by atoms with E-state index in [0.29, 0.717) is 13.2 Å². The summed E-state index contributed by atoms with van der Waals surface area (Å²) >= 11 is 0. The lowest BCUT2D eigenvalue weighted by Crippen LogP contribution is -2.39. The van der Waals surface area contributed by atoms with Crippen molar-refractivity contribution in [2.24, 2.45) is 0 Å². The van der Waals surface area contributed by atoms with Crippen molar-refractivity contribution in [3.8, 4) is 0 Å². The SMILES string of the molecule is CCCCOC(CNC(C)(C)C)c1cccc(F)c1. The molecule has 1 N–H and O–H groups in total. The van der Waals surface area contributed by atoms with Crippen LogP contribution in [0, 0.1) is 5.82 Å². The second kappa shape index (κ2) is 7.61. The van der Waals surface area contributed by atoms with E-state index in [2.05, 4.69) is 33.0 Å². The summed E-state index contributed by atoms with van der Waals surface area (Å²) in [6, 6.07) is 6.67. The Balaban J connectivity index is 2.68. The average Bonchev–Trinajstić information content (AvgIpc) is 2.32. The van der Waals surface area contributed by atoms with E-state index >= 15 is 0 Å². The molecule has 0 aliphatic heterocycles. The van der Waals surface area contributed by atoms with Crippen LogP contribution in [0.1, 0.15) is 52.2 Å². The summed E-state index contributed by atoms with van der Waals surface area (Å²) in [6.07, 6.45) is 2.03. The van der Waals surface area contributed by atoms with E-state index in [1.54, 1.807) is 12.1 Å². The van der Waals surface area contributed by atoms with Crippen LogP contribution >= 0.6 is 0 Å². The van der Waals surface area contributed by atoms with Gasteiger partial charge >= 0.3 is 0 Å². The summed E-state index contributed by atoms with van der Waals surface area (Å²) in [4.78, 5) is 0. The van der Waals surface area contributed by atoms with Gasteiger partial charge in [0.15, 0.2) is 0 Å². The third-order valence-corrected chi connectivity index (χ3v) is 2.86. The van der Waals surface area contributed by atoms with Crippen molar-refractivity contribution in [3.05, 3.63) is 35.6 Å². The lowest BCUT2D eigenvalue weighted by molar-refractivity contribution is 0.0462. The fraction of sp³-hybridized carbons (Fsp3) is 0.625. The molecular weight excluding hydrogens is 241 g/mol. The fourth-order valence-electron chi connectivity index (χ4n) is 1.75. The van der Waals surface area contributed by atoms with E-state index in [9.17, 15) is 4.39 Å². The molecule has 108 valence electrons. The maximum Gasteiger partial charge on any atom is 0.123 e. The van der Waals surface area contributed by atoms with E-state index in [0.717, 1.165) is 18.4 Å². The first-order chi connectivity index (χ1) is 8.92. The topological polar surface area (TPSA) is 21.3 Å². The average molecular weight is 267 g/mol. The molecule has 0 saturated heterocycles. The van der Waals surface area contributed by atoms with E-state index < -0.39 is 0 Å². The number of nitrogens with one attached hydrogen (secondary N) is 1. The van der Waals surface area contributed by atoms with Gasteiger partial charge in [0.1, 0.15) is 5.82 Å². The zero-order valence-corrected chi connectivity index (χ0v) is 12.5. The lowest BCUT2D eigenvalue weighted by atomic mass is 10.1. The van der Waals surface area contributed by atoms with E-state index in [4.69, 9.17) is 4.74 Å². The van der Waals surface area contributed by atoms with Crippen LogP contribution in [0.2, 0.25) is 0 Å². The van der Waals surface area contributed by atoms with Crippen LogP contribution in [0.25, 0.3) is 0 Å². The predicted molar refractivity (Wildman–Crippen MR) is 77.8 cm³/mol. The first kappa shape index (κ1) is 16.1. The second-order valence-corrected chi connectivity index (χ2v) is 5.90. The minimum Gasteiger partial charge on any atom is -0.372 e. The second-order valence-electron chi connectivity index (χ2n) is 5.90. The summed E-state index contributed by atoms with van der Waals surface area (Å²) in [5, 5.41) is 3.42. The monoisotopic (exact) mass is 267 g/mol. The van der Waals surface area contributed by atoms with Gasteiger partial charge in [0, 0.05) is 18.7 Å². The smallest absolute Gasteiger partial charge is 0.123 e. The molecule has 0 spiro atoms. The Morgan fingerprint density at radius 1 is 1.32 bits per heavy atom. The van der Waals surface area contributed by atoms with Gasteiger partial charge in [-0.2, -0.15) is 0 Å². The molecule has 0 bridgehead atoms. The molecule has 1 rings (SSSR count). The molecule has 0 radical (unpaired) electrons. The van der Waals surface area contributed by atoms with Crippen LogP contribution < -0.4 is 5.32 Å². The summed E-state index contributed by atoms with van der Waals surface area (Å²) < 4.78 is 19.2. The molecule has 1 unspecified atom stereocenters. The number of hydrogen-bond donors (Lipinski definition) is 1. The van der Waals surface area contributed by atoms with Crippen molar-refractivity contribution in [3.63, 3.8) is 0 Å². The molecular formula is C16H26FNO. The van der Waals surface area contributed by atoms with Crippen LogP contribution in [0.15, 0.2) is 24.3 Å². The molecule has 0 fully saturated rings. The van der Waals surface area contributed by atoms with Crippen molar-refractivity contribution in [2.75, 3.05) is 13.2 Å². The summed E-state index contributed by atoms with van der Waals surface area (Å²) in [6.45, 7) is 9.87. The van der Waals surface area contributed by atoms with Gasteiger partial charge in [-0.05, 0) is 44.9 Å². The Morgan fingerprint density at radius 2 is 2.05 bits per heavy atom. The van der Waals surface area contributed by atoms with Crippen molar-refractivity contribution in [1.82, 2.24) is 5.32 Å². The van der Waals surface area contributed by atoms with Crippen molar-refractivity contribution in [2.45, 2.75) is 52.2 Å². The fourth-order valence-corrected chi connectivity index (χ4v) is 1.75. The highest BCUT2D eigenvalue weighted by Crippen LogP contribution is 2.19. The molecule has 0 aromatic heterocycles. The van der Waals surface area contributed by atoms with Gasteiger partial charge in [0.25, 0.3) is 0 Å². The zero-order valence-electron chi connectivity index (χ0n) is 12.5. The highest BCUT2D eigenvalue weighted by molar-refractivity contribution is 5.19. The molecule has 0 aliphatic carbocycles. The normalized spacial score (nSPS) is 13.5. The van der Waals surface area contributed by atoms with E-state index in [-0.39, 0.29) is 17.5 Å². The standard InChI is InChI=1S/C16H26FNO/c1-5-6-10-19-15(12-18-16(2,3)4)13-8-7-9-14(17)11-13/h7-9,11,15,18H,5-6,10,12H2,1-4H3. The molecule has 2 nitrogen and oxygen atoms in total. The van der Waals surface area contributed by atoms with Crippen LogP contribution in [0.4, 0.5) is 4.39 Å². The minimum atomic E-state index is -0.211. The lowest BCUT2D eigenvalue weighted by Gasteiger charge is -2.26. The van der Waals surface area contributed by atoms with Crippen LogP contribution in [0.3, 0.4) is 0 Å². The van der Waals surface area contributed by atoms with Gasteiger partial charge in [-0.15, -0.1) is 0 Å². The predicted octanol–water partition coefficient (Wildman–Crippen LogP) is 4.07. The van der Waals surface area contributed by atoms with Crippen molar-refractivity contribution in [1.29, 1.82) is 0 Å². The zero-order chi connectivity index (χ0) is 14.3. The van der Waals surface area contributed by atoms with Crippen molar-refractivity contribution >= 4 is 0 Å². The Labute approximate surface area is 116 Å². The number of halogens is 1. The number of rotatable bonds is 7. The number of unbranched alkanes of at least 4 members (excludes halogenated alkanes) is 1. The van der Waals surface area contributed by atoms with Gasteiger partial charge in [0.05, 0.1) is 6.10 Å². The molecule has 1 atom stereocenters. The van der Waals surface area contributed by atoms with Gasteiger partial charge in [0.2, 0.25) is 0 Å². The van der Waals surface area contributed by atoms with Crippen LogP contribution in [-0.2, 0) is 4.74 Å². The Hall–Kier alpha value is -0.930. The third kappa shape index (κ3) is 6.69. The Bertz CT molecular complexity index is 373. The summed E-state index contributed by atoms with van der Waals surface area (Å²) in [5.41, 5.74) is 0.924. The third-order valence-electron chi connectivity index (χ3n) is 2.86. The molecule has 3 heteroatoms. The van der Waals surface area contributed by atoms with Gasteiger partial charge in [-0.25, -0.2) is 4.39 Å². The van der Waals surface area contributed by atoms with Crippen molar-refractivity contribution < 1.29 is 9.13 Å². The van der Waals surface area contributed by atoms with E-state index in [1.807, 2.05) is 6.07 Å². The summed E-state index contributed by atoms with van der Waals surface area (Å²) in [7, 11) is 0. The Kier molecular flexibility index (Phi) is 6.46. The van der Waals surface area contributed by atoms with Gasteiger partial charge in [-0.3, -0.25) is 0 Å². The maximum absolute atomic E-state index is 13.3. The minimum absolute atomic E-state index is 0.0275. The molecule has 1 aromatic rings. The van der Waals surface area contributed by atoms with Crippen LogP contribution in [0.5, 0.6) is 0 Å². The largest absolute Gasteiger partial charge is 0.372 e. The summed E-state index contributed by atoms with van der Waals surface area (Å²) in [5.74, 6) is -0.211. The van der Waals surface area contributed by atoms with Gasteiger partial charge in [-0.1, -0.05) is 25.5 Å². The molecule has 1 aromatic carbocycles. The van der Waals surface area contributed by atoms with Crippen LogP contribution in [-0.4, -0.2) is 18.7 Å². The molecule has 0 amide bonds. The molecule has 0 saturated carbocycles. The van der Waals surface area contributed by atoms with E-state index in [1.165, 1.54) is 6.07 Å². The molecule has 0 heterocycles. The Morgan fingerprint density at radius 3 is 2.63 bits per heavy atom. The number of hydrogen-bond acceptors (Lipinski definition) is 2. The van der Waals surface area contributed by atoms with Gasteiger partial charge < -0.3 is 10.1 Å². The maximum atomic E-state index is 13.3. The quantitative estimate of drug-likeness (QED) is 0.752. The highest BCUT2D eigenvalue weighted by Gasteiger charge is 2.16.